The second kappa shape index (κ2) is 7.72. The number of aliphatic hydroxyl groups is 1. The van der Waals surface area contributed by atoms with Gasteiger partial charge in [0.2, 0.25) is 0 Å². The zero-order chi connectivity index (χ0) is 18.8. The van der Waals surface area contributed by atoms with Crippen molar-refractivity contribution in [1.82, 2.24) is 9.97 Å². The van der Waals surface area contributed by atoms with Crippen LogP contribution in [0.5, 0.6) is 0 Å². The highest BCUT2D eigenvalue weighted by molar-refractivity contribution is 9.10. The Morgan fingerprint density at radius 2 is 2.08 bits per heavy atom. The first-order chi connectivity index (χ1) is 12.4. The molecule has 0 aromatic carbocycles. The number of aromatic nitrogens is 2. The first-order valence-electron chi connectivity index (χ1n) is 8.72. The number of amides is 1. The van der Waals surface area contributed by atoms with E-state index in [1.54, 1.807) is 24.5 Å². The predicted octanol–water partition coefficient (Wildman–Crippen LogP) is 3.58. The van der Waals surface area contributed by atoms with E-state index >= 15 is 0 Å². The molecule has 138 valence electrons. The molecule has 1 aliphatic rings. The van der Waals surface area contributed by atoms with Crippen molar-refractivity contribution in [2.75, 3.05) is 11.1 Å². The van der Waals surface area contributed by atoms with Gasteiger partial charge in [0, 0.05) is 6.20 Å². The molecule has 2 aromatic rings. The third-order valence-corrected chi connectivity index (χ3v) is 5.78. The minimum atomic E-state index is -0.379. The second-order valence-electron chi connectivity index (χ2n) is 7.06. The number of rotatable bonds is 3. The number of aliphatic hydroxyl groups excluding tert-OH is 1. The fourth-order valence-corrected chi connectivity index (χ4v) is 3.88. The van der Waals surface area contributed by atoms with Gasteiger partial charge in [0.1, 0.15) is 4.60 Å². The van der Waals surface area contributed by atoms with Crippen molar-refractivity contribution in [2.45, 2.75) is 38.7 Å². The van der Waals surface area contributed by atoms with Gasteiger partial charge in [-0.15, -0.1) is 0 Å². The molecule has 0 saturated heterocycles. The molecule has 3 rings (SSSR count). The Kier molecular flexibility index (Phi) is 5.58. The summed E-state index contributed by atoms with van der Waals surface area (Å²) in [7, 11) is 0. The number of hydrogen-bond acceptors (Lipinski definition) is 5. The summed E-state index contributed by atoms with van der Waals surface area (Å²) >= 11 is 3.26. The molecule has 0 aliphatic heterocycles. The van der Waals surface area contributed by atoms with Crippen molar-refractivity contribution < 1.29 is 9.90 Å². The third-order valence-electron chi connectivity index (χ3n) is 5.34. The number of nitrogens with zero attached hydrogens (tertiary/aromatic N) is 2. The maximum atomic E-state index is 12.7. The van der Waals surface area contributed by atoms with Gasteiger partial charge in [0.05, 0.1) is 23.7 Å². The van der Waals surface area contributed by atoms with Gasteiger partial charge in [-0.05, 0) is 70.3 Å². The zero-order valence-corrected chi connectivity index (χ0v) is 16.4. The average Bonchev–Trinajstić information content (AvgIpc) is 2.61. The van der Waals surface area contributed by atoms with E-state index in [0.29, 0.717) is 28.3 Å². The van der Waals surface area contributed by atoms with Gasteiger partial charge in [0.15, 0.2) is 5.69 Å². The lowest BCUT2D eigenvalue weighted by molar-refractivity contribution is 0.0384. The smallest absolute Gasteiger partial charge is 0.276 e. The molecule has 1 amide bonds. The van der Waals surface area contributed by atoms with Gasteiger partial charge >= 0.3 is 0 Å². The Hall–Kier alpha value is -1.99. The molecule has 26 heavy (non-hydrogen) atoms. The molecule has 6 nitrogen and oxygen atoms in total. The maximum Gasteiger partial charge on any atom is 0.276 e. The van der Waals surface area contributed by atoms with Gasteiger partial charge in [-0.1, -0.05) is 13.8 Å². The zero-order valence-electron chi connectivity index (χ0n) is 14.8. The maximum absolute atomic E-state index is 12.7. The highest BCUT2D eigenvalue weighted by Crippen LogP contribution is 2.41. The number of carbonyl (C=O) groups excluding carboxylic acids is 1. The summed E-state index contributed by atoms with van der Waals surface area (Å²) < 4.78 is 0.543. The molecule has 0 radical (unpaired) electrons. The Morgan fingerprint density at radius 1 is 1.31 bits per heavy atom. The predicted molar refractivity (Wildman–Crippen MR) is 105 cm³/mol. The SMILES string of the molecule is C[C@@H]1[C@H](O)C[C@H](c2ccncc2NC(=O)c2nc(Br)ccc2N)C[C@@H]1C. The second-order valence-corrected chi connectivity index (χ2v) is 7.87. The number of nitrogen functional groups attached to an aromatic ring is 1. The van der Waals surface area contributed by atoms with Crippen LogP contribution in [-0.2, 0) is 0 Å². The van der Waals surface area contributed by atoms with Crippen molar-refractivity contribution in [2.24, 2.45) is 11.8 Å². The van der Waals surface area contributed by atoms with Crippen LogP contribution in [-0.4, -0.2) is 27.1 Å². The molecule has 1 fully saturated rings. The molecule has 2 heterocycles. The van der Waals surface area contributed by atoms with Crippen molar-refractivity contribution in [3.8, 4) is 0 Å². The van der Waals surface area contributed by atoms with E-state index < -0.39 is 0 Å². The molecule has 1 aliphatic carbocycles. The Balaban J connectivity index is 1.86. The van der Waals surface area contributed by atoms with E-state index in [9.17, 15) is 9.90 Å². The highest BCUT2D eigenvalue weighted by Gasteiger charge is 2.33. The normalized spacial score (nSPS) is 25.7. The quantitative estimate of drug-likeness (QED) is 0.661. The lowest BCUT2D eigenvalue weighted by Crippen LogP contribution is -2.32. The summed E-state index contributed by atoms with van der Waals surface area (Å²) in [6.07, 6.45) is 4.64. The van der Waals surface area contributed by atoms with Crippen LogP contribution in [0.2, 0.25) is 0 Å². The van der Waals surface area contributed by atoms with E-state index in [1.165, 1.54) is 0 Å². The summed E-state index contributed by atoms with van der Waals surface area (Å²) in [6, 6.07) is 5.23. The first kappa shape index (κ1) is 18.8. The molecule has 4 N–H and O–H groups in total. The molecule has 0 spiro atoms. The molecule has 4 atom stereocenters. The van der Waals surface area contributed by atoms with Crippen molar-refractivity contribution >= 4 is 33.2 Å². The van der Waals surface area contributed by atoms with Gasteiger partial charge < -0.3 is 16.2 Å². The van der Waals surface area contributed by atoms with E-state index in [-0.39, 0.29) is 29.5 Å². The molecule has 2 aromatic heterocycles. The van der Waals surface area contributed by atoms with Crippen molar-refractivity contribution in [3.05, 3.63) is 46.5 Å². The summed E-state index contributed by atoms with van der Waals surface area (Å²) in [6.45, 7) is 4.24. The lowest BCUT2D eigenvalue weighted by atomic mass is 9.71. The molecule has 7 heteroatoms. The molecule has 0 unspecified atom stereocenters. The van der Waals surface area contributed by atoms with Gasteiger partial charge in [-0.3, -0.25) is 9.78 Å². The van der Waals surface area contributed by atoms with E-state index in [0.717, 1.165) is 12.0 Å². The molecule has 0 bridgehead atoms. The van der Waals surface area contributed by atoms with Crippen LogP contribution >= 0.6 is 15.9 Å². The van der Waals surface area contributed by atoms with Crippen LogP contribution in [0.3, 0.4) is 0 Å². The fraction of sp³-hybridized carbons (Fsp3) is 0.421. The minimum absolute atomic E-state index is 0.167. The van der Waals surface area contributed by atoms with Gasteiger partial charge in [0.25, 0.3) is 5.91 Å². The number of nitrogens with one attached hydrogen (secondary N) is 1. The summed E-state index contributed by atoms with van der Waals surface area (Å²) in [5.74, 6) is 0.470. The molecular weight excluding hydrogens is 396 g/mol. The van der Waals surface area contributed by atoms with Crippen LogP contribution in [0.15, 0.2) is 35.2 Å². The van der Waals surface area contributed by atoms with Gasteiger partial charge in [-0.2, -0.15) is 0 Å². The largest absolute Gasteiger partial charge is 0.397 e. The number of anilines is 2. The van der Waals surface area contributed by atoms with E-state index in [4.69, 9.17) is 5.73 Å². The third kappa shape index (κ3) is 3.88. The number of pyridine rings is 2. The van der Waals surface area contributed by atoms with Crippen LogP contribution < -0.4 is 11.1 Å². The summed E-state index contributed by atoms with van der Waals surface area (Å²) in [5.41, 5.74) is 7.98. The van der Waals surface area contributed by atoms with Crippen LogP contribution in [0.1, 0.15) is 48.7 Å². The van der Waals surface area contributed by atoms with Crippen LogP contribution in [0, 0.1) is 11.8 Å². The lowest BCUT2D eigenvalue weighted by Gasteiger charge is -2.37. The van der Waals surface area contributed by atoms with Crippen LogP contribution in [0.25, 0.3) is 0 Å². The number of halogens is 1. The number of carbonyl (C=O) groups is 1. The Labute approximate surface area is 161 Å². The summed E-state index contributed by atoms with van der Waals surface area (Å²) in [4.78, 5) is 21.0. The number of hydrogen-bond donors (Lipinski definition) is 3. The standard InChI is InChI=1S/C19H23BrN4O2/c1-10-7-12(8-16(25)11(10)2)13-5-6-22-9-15(13)23-19(26)18-14(21)3-4-17(20)24-18/h3-6,9-12,16,25H,7-8,21H2,1-2H3,(H,23,26)/t10-,11-,12+,16+/m0/s1. The molecular formula is C19H23BrN4O2. The fourth-order valence-electron chi connectivity index (χ4n) is 3.57. The highest BCUT2D eigenvalue weighted by atomic mass is 79.9. The van der Waals surface area contributed by atoms with Crippen LogP contribution in [0.4, 0.5) is 11.4 Å². The van der Waals surface area contributed by atoms with Gasteiger partial charge in [-0.25, -0.2) is 4.98 Å². The minimum Gasteiger partial charge on any atom is -0.397 e. The molecule has 1 saturated carbocycles. The average molecular weight is 419 g/mol. The van der Waals surface area contributed by atoms with E-state index in [2.05, 4.69) is 45.1 Å². The first-order valence-corrected chi connectivity index (χ1v) is 9.51. The van der Waals surface area contributed by atoms with Crippen molar-refractivity contribution in [3.63, 3.8) is 0 Å². The summed E-state index contributed by atoms with van der Waals surface area (Å²) in [5, 5.41) is 13.2. The van der Waals surface area contributed by atoms with E-state index in [1.807, 2.05) is 6.07 Å². The monoisotopic (exact) mass is 418 g/mol. The van der Waals surface area contributed by atoms with Crippen molar-refractivity contribution in [1.29, 1.82) is 0 Å². The Morgan fingerprint density at radius 3 is 2.81 bits per heavy atom. The number of nitrogens with two attached hydrogens (primary N) is 1. The topological polar surface area (TPSA) is 101 Å². The Bertz CT molecular complexity index is 802.